The Labute approximate surface area is 156 Å². The van der Waals surface area contributed by atoms with E-state index >= 15 is 0 Å². The number of benzene rings is 1. The van der Waals surface area contributed by atoms with E-state index in [0.717, 1.165) is 0 Å². The van der Waals surface area contributed by atoms with Gasteiger partial charge >= 0.3 is 0 Å². The Balaban J connectivity index is 2.12. The molecule has 1 N–H and O–H groups in total. The second kappa shape index (κ2) is 9.25. The van der Waals surface area contributed by atoms with Crippen LogP contribution in [-0.4, -0.2) is 64.8 Å². The fourth-order valence-corrected chi connectivity index (χ4v) is 5.57. The Morgan fingerprint density at radius 1 is 1.04 bits per heavy atom. The molecule has 10 heteroatoms. The molecule has 0 radical (unpaired) electrons. The Hall–Kier alpha value is -1.04. The third kappa shape index (κ3) is 5.48. The van der Waals surface area contributed by atoms with E-state index in [1.165, 1.54) is 8.61 Å². The Kier molecular flexibility index (Phi) is 7.56. The van der Waals surface area contributed by atoms with E-state index in [0.29, 0.717) is 50.5 Å². The van der Waals surface area contributed by atoms with Crippen molar-refractivity contribution in [2.45, 2.75) is 26.1 Å². The van der Waals surface area contributed by atoms with Crippen LogP contribution in [0, 0.1) is 0 Å². The van der Waals surface area contributed by atoms with Crippen molar-refractivity contribution in [3.63, 3.8) is 0 Å². The number of sulfonamides is 1. The Bertz CT molecular complexity index is 786. The van der Waals surface area contributed by atoms with E-state index in [1.807, 2.05) is 0 Å². The number of hydrogen-bond acceptors (Lipinski definition) is 5. The maximum atomic E-state index is 12.6. The molecule has 0 atom stereocenters. The van der Waals surface area contributed by atoms with Gasteiger partial charge < -0.3 is 4.74 Å². The van der Waals surface area contributed by atoms with Gasteiger partial charge in [0.1, 0.15) is 0 Å². The molecule has 8 nitrogen and oxygen atoms in total. The van der Waals surface area contributed by atoms with Gasteiger partial charge in [0.25, 0.3) is 10.2 Å². The monoisotopic (exact) mass is 405 g/mol. The van der Waals surface area contributed by atoms with E-state index in [9.17, 15) is 16.8 Å². The summed E-state index contributed by atoms with van der Waals surface area (Å²) in [6.45, 7) is 5.82. The summed E-state index contributed by atoms with van der Waals surface area (Å²) in [5.41, 5.74) is 1.25. The highest BCUT2D eigenvalue weighted by molar-refractivity contribution is 7.88. The minimum absolute atomic E-state index is 0.0492. The first-order valence-electron chi connectivity index (χ1n) is 8.67. The molecule has 1 saturated heterocycles. The van der Waals surface area contributed by atoms with E-state index in [2.05, 4.69) is 4.72 Å². The first kappa shape index (κ1) is 21.3. The molecule has 1 heterocycles. The standard InChI is InChI=1S/C16H27N3O5S2/c1-3-18(4-2)26(22,23)17-13-15-7-5-6-8-16(15)14-25(20,21)19-9-11-24-12-10-19/h5-8,17H,3-4,9-14H2,1-2H3. The van der Waals surface area contributed by atoms with Crippen LogP contribution < -0.4 is 4.72 Å². The zero-order valence-electron chi connectivity index (χ0n) is 15.2. The number of ether oxygens (including phenoxy) is 1. The minimum Gasteiger partial charge on any atom is -0.379 e. The highest BCUT2D eigenvalue weighted by atomic mass is 32.2. The van der Waals surface area contributed by atoms with Gasteiger partial charge in [-0.25, -0.2) is 8.42 Å². The molecule has 0 spiro atoms. The number of nitrogens with one attached hydrogen (secondary N) is 1. The predicted octanol–water partition coefficient (Wildman–Crippen LogP) is 0.525. The number of nitrogens with zero attached hydrogens (tertiary/aromatic N) is 2. The smallest absolute Gasteiger partial charge is 0.279 e. The average Bonchev–Trinajstić information content (AvgIpc) is 2.62. The number of hydrogen-bond donors (Lipinski definition) is 1. The van der Waals surface area contributed by atoms with Gasteiger partial charge in [-0.2, -0.15) is 21.8 Å². The summed E-state index contributed by atoms with van der Waals surface area (Å²) in [4.78, 5) is 0. The molecule has 1 aromatic rings. The lowest BCUT2D eigenvalue weighted by molar-refractivity contribution is 0.0729. The van der Waals surface area contributed by atoms with Crippen LogP contribution in [0.25, 0.3) is 0 Å². The van der Waals surface area contributed by atoms with Gasteiger partial charge in [0.05, 0.1) is 19.0 Å². The van der Waals surface area contributed by atoms with E-state index in [-0.39, 0.29) is 12.3 Å². The van der Waals surface area contributed by atoms with Crippen LogP contribution in [0.5, 0.6) is 0 Å². The average molecular weight is 406 g/mol. The lowest BCUT2D eigenvalue weighted by Gasteiger charge is -2.26. The molecule has 1 aliphatic heterocycles. The van der Waals surface area contributed by atoms with Crippen LogP contribution in [0.15, 0.2) is 24.3 Å². The van der Waals surface area contributed by atoms with E-state index in [4.69, 9.17) is 4.74 Å². The van der Waals surface area contributed by atoms with Crippen LogP contribution in [0.1, 0.15) is 25.0 Å². The molecule has 0 saturated carbocycles. The quantitative estimate of drug-likeness (QED) is 0.646. The molecular formula is C16H27N3O5S2. The molecule has 148 valence electrons. The predicted molar refractivity (Wildman–Crippen MR) is 100 cm³/mol. The van der Waals surface area contributed by atoms with Gasteiger partial charge in [-0.1, -0.05) is 38.1 Å². The fourth-order valence-electron chi connectivity index (χ4n) is 2.81. The maximum absolute atomic E-state index is 12.6. The highest BCUT2D eigenvalue weighted by Gasteiger charge is 2.26. The molecule has 0 aliphatic carbocycles. The van der Waals surface area contributed by atoms with Crippen molar-refractivity contribution in [2.75, 3.05) is 39.4 Å². The van der Waals surface area contributed by atoms with Crippen LogP contribution in [0.3, 0.4) is 0 Å². The van der Waals surface area contributed by atoms with Crippen LogP contribution in [-0.2, 0) is 37.3 Å². The first-order valence-corrected chi connectivity index (χ1v) is 11.7. The first-order chi connectivity index (χ1) is 12.3. The summed E-state index contributed by atoms with van der Waals surface area (Å²) < 4.78 is 60.3. The number of morpholine rings is 1. The molecule has 1 fully saturated rings. The summed E-state index contributed by atoms with van der Waals surface area (Å²) in [6, 6.07) is 6.99. The molecule has 2 rings (SSSR count). The summed E-state index contributed by atoms with van der Waals surface area (Å²) in [5, 5.41) is 0. The normalized spacial score (nSPS) is 16.9. The molecule has 0 unspecified atom stereocenters. The van der Waals surface area contributed by atoms with Crippen molar-refractivity contribution in [2.24, 2.45) is 0 Å². The van der Waals surface area contributed by atoms with Crippen molar-refractivity contribution < 1.29 is 21.6 Å². The third-order valence-corrected chi connectivity index (χ3v) is 7.84. The molecule has 0 aromatic heterocycles. The highest BCUT2D eigenvalue weighted by Crippen LogP contribution is 2.17. The van der Waals surface area contributed by atoms with Crippen molar-refractivity contribution in [1.82, 2.24) is 13.3 Å². The van der Waals surface area contributed by atoms with Gasteiger partial charge in [0.2, 0.25) is 10.0 Å². The second-order valence-corrected chi connectivity index (χ2v) is 9.67. The molecule has 1 aromatic carbocycles. The lowest BCUT2D eigenvalue weighted by atomic mass is 10.1. The topological polar surface area (TPSA) is 96.0 Å². The summed E-state index contributed by atoms with van der Waals surface area (Å²) in [7, 11) is -7.07. The van der Waals surface area contributed by atoms with Gasteiger partial charge in [-0.05, 0) is 11.1 Å². The van der Waals surface area contributed by atoms with Crippen molar-refractivity contribution in [3.05, 3.63) is 35.4 Å². The zero-order chi connectivity index (χ0) is 19.2. The van der Waals surface area contributed by atoms with Crippen LogP contribution >= 0.6 is 0 Å². The van der Waals surface area contributed by atoms with Crippen molar-refractivity contribution >= 4 is 20.2 Å². The van der Waals surface area contributed by atoms with Gasteiger partial charge in [-0.3, -0.25) is 0 Å². The second-order valence-electron chi connectivity index (χ2n) is 5.95. The van der Waals surface area contributed by atoms with Gasteiger partial charge in [0.15, 0.2) is 0 Å². The SMILES string of the molecule is CCN(CC)S(=O)(=O)NCc1ccccc1CS(=O)(=O)N1CCOCC1. The maximum Gasteiger partial charge on any atom is 0.279 e. The third-order valence-electron chi connectivity index (χ3n) is 4.31. The molecular weight excluding hydrogens is 378 g/mol. The van der Waals surface area contributed by atoms with Crippen LogP contribution in [0.4, 0.5) is 0 Å². The summed E-state index contributed by atoms with van der Waals surface area (Å²) >= 11 is 0. The Morgan fingerprint density at radius 2 is 1.62 bits per heavy atom. The molecule has 0 amide bonds. The van der Waals surface area contributed by atoms with Gasteiger partial charge in [-0.15, -0.1) is 0 Å². The molecule has 0 bridgehead atoms. The summed E-state index contributed by atoms with van der Waals surface area (Å²) in [5.74, 6) is -0.157. The van der Waals surface area contributed by atoms with E-state index < -0.39 is 20.2 Å². The largest absolute Gasteiger partial charge is 0.379 e. The molecule has 1 aliphatic rings. The number of rotatable bonds is 9. The van der Waals surface area contributed by atoms with Crippen molar-refractivity contribution in [3.8, 4) is 0 Å². The van der Waals surface area contributed by atoms with Gasteiger partial charge in [0, 0.05) is 32.7 Å². The van der Waals surface area contributed by atoms with E-state index in [1.54, 1.807) is 38.1 Å². The zero-order valence-corrected chi connectivity index (χ0v) is 16.9. The lowest BCUT2D eigenvalue weighted by Crippen LogP contribution is -2.41. The van der Waals surface area contributed by atoms with Crippen LogP contribution in [0.2, 0.25) is 0 Å². The Morgan fingerprint density at radius 3 is 2.19 bits per heavy atom. The summed E-state index contributed by atoms with van der Waals surface area (Å²) in [6.07, 6.45) is 0. The minimum atomic E-state index is -3.59. The fraction of sp³-hybridized carbons (Fsp3) is 0.625. The molecule has 26 heavy (non-hydrogen) atoms. The van der Waals surface area contributed by atoms with Crippen molar-refractivity contribution in [1.29, 1.82) is 0 Å².